The number of pyridine rings is 1. The Kier molecular flexibility index (Phi) is 6.97. The number of hydrogen-bond donors (Lipinski definition) is 1. The number of rotatable bonds is 7. The monoisotopic (exact) mass is 447 g/mol. The molecule has 0 saturated carbocycles. The van der Waals surface area contributed by atoms with Crippen molar-refractivity contribution in [1.29, 1.82) is 5.26 Å². The van der Waals surface area contributed by atoms with Gasteiger partial charge < -0.3 is 14.8 Å². The SMILES string of the molecule is C/C=C(\C#N)C(=O)Nc1cccc(-c2cnccc2Oc2ccc(Oc3ccccc3)cc2)c1. The molecule has 0 unspecified atom stereocenters. The fraction of sp³-hybridized carbons (Fsp3) is 0.0357. The number of carbonyl (C=O) groups is 1. The maximum atomic E-state index is 12.2. The Morgan fingerprint density at radius 2 is 1.62 bits per heavy atom. The van der Waals surface area contributed by atoms with Gasteiger partial charge in [0, 0.05) is 23.6 Å². The average molecular weight is 447 g/mol. The molecule has 3 aromatic carbocycles. The zero-order valence-corrected chi connectivity index (χ0v) is 18.4. The summed E-state index contributed by atoms with van der Waals surface area (Å²) in [4.78, 5) is 16.5. The minimum atomic E-state index is -0.456. The first-order valence-corrected chi connectivity index (χ1v) is 10.6. The standard InChI is InChI=1S/C28H21N3O3/c1-2-20(18-29)28(32)31-22-8-6-7-21(17-22)26-19-30-16-15-27(26)34-25-13-11-24(12-14-25)33-23-9-4-3-5-10-23/h2-17,19H,1H3,(H,31,32)/b20-2+. The molecule has 4 rings (SSSR count). The number of carbonyl (C=O) groups excluding carboxylic acids is 1. The molecule has 1 heterocycles. The topological polar surface area (TPSA) is 84.2 Å². The molecule has 1 aromatic heterocycles. The van der Waals surface area contributed by atoms with Crippen LogP contribution in [0.2, 0.25) is 0 Å². The van der Waals surface area contributed by atoms with Crippen molar-refractivity contribution in [2.45, 2.75) is 6.92 Å². The average Bonchev–Trinajstić information content (AvgIpc) is 2.87. The molecule has 0 aliphatic heterocycles. The van der Waals surface area contributed by atoms with Gasteiger partial charge in [-0.05, 0) is 67.1 Å². The highest BCUT2D eigenvalue weighted by atomic mass is 16.5. The van der Waals surface area contributed by atoms with Crippen LogP contribution in [0.15, 0.2) is 109 Å². The van der Waals surface area contributed by atoms with Gasteiger partial charge in [-0.15, -0.1) is 0 Å². The van der Waals surface area contributed by atoms with Crippen LogP contribution in [0.3, 0.4) is 0 Å². The number of benzene rings is 3. The summed E-state index contributed by atoms with van der Waals surface area (Å²) in [6.45, 7) is 1.65. The van der Waals surface area contributed by atoms with Crippen molar-refractivity contribution in [3.8, 4) is 40.2 Å². The Labute approximate surface area is 197 Å². The summed E-state index contributed by atoms with van der Waals surface area (Å²) < 4.78 is 12.0. The Bertz CT molecular complexity index is 1360. The molecule has 0 fully saturated rings. The number of allylic oxidation sites excluding steroid dienone is 1. The van der Waals surface area contributed by atoms with Crippen molar-refractivity contribution < 1.29 is 14.3 Å². The van der Waals surface area contributed by atoms with Gasteiger partial charge in [0.05, 0.1) is 0 Å². The number of aromatic nitrogens is 1. The summed E-state index contributed by atoms with van der Waals surface area (Å²) in [6.07, 6.45) is 4.83. The van der Waals surface area contributed by atoms with Gasteiger partial charge in [0.1, 0.15) is 34.6 Å². The van der Waals surface area contributed by atoms with Crippen molar-refractivity contribution in [1.82, 2.24) is 4.98 Å². The first-order valence-electron chi connectivity index (χ1n) is 10.6. The second-order valence-electron chi connectivity index (χ2n) is 7.21. The van der Waals surface area contributed by atoms with Crippen molar-refractivity contribution in [3.05, 3.63) is 109 Å². The van der Waals surface area contributed by atoms with Crippen LogP contribution in [-0.4, -0.2) is 10.9 Å². The summed E-state index contributed by atoms with van der Waals surface area (Å²) >= 11 is 0. The quantitative estimate of drug-likeness (QED) is 0.250. The van der Waals surface area contributed by atoms with Gasteiger partial charge >= 0.3 is 0 Å². The Morgan fingerprint density at radius 3 is 2.32 bits per heavy atom. The predicted molar refractivity (Wildman–Crippen MR) is 131 cm³/mol. The Morgan fingerprint density at radius 1 is 0.912 bits per heavy atom. The molecule has 0 saturated heterocycles. The lowest BCUT2D eigenvalue weighted by Gasteiger charge is -2.13. The molecular formula is C28H21N3O3. The molecular weight excluding hydrogens is 426 g/mol. The summed E-state index contributed by atoms with van der Waals surface area (Å²) in [5.41, 5.74) is 2.18. The number of amides is 1. The number of nitrogens with zero attached hydrogens (tertiary/aromatic N) is 2. The number of ether oxygens (including phenoxy) is 2. The minimum Gasteiger partial charge on any atom is -0.457 e. The van der Waals surface area contributed by atoms with E-state index in [1.165, 1.54) is 6.08 Å². The molecule has 34 heavy (non-hydrogen) atoms. The van der Waals surface area contributed by atoms with Crippen molar-refractivity contribution in [2.24, 2.45) is 0 Å². The summed E-state index contributed by atoms with van der Waals surface area (Å²) in [6, 6.07) is 27.9. The highest BCUT2D eigenvalue weighted by Crippen LogP contribution is 2.34. The van der Waals surface area contributed by atoms with Crippen LogP contribution >= 0.6 is 0 Å². The lowest BCUT2D eigenvalue weighted by molar-refractivity contribution is -0.112. The molecule has 0 aliphatic carbocycles. The molecule has 1 N–H and O–H groups in total. The normalized spacial score (nSPS) is 10.8. The second-order valence-corrected chi connectivity index (χ2v) is 7.21. The Hall–Kier alpha value is -4.89. The van der Waals surface area contributed by atoms with Crippen LogP contribution < -0.4 is 14.8 Å². The van der Waals surface area contributed by atoms with Gasteiger partial charge in [-0.2, -0.15) is 5.26 Å². The number of anilines is 1. The van der Waals surface area contributed by atoms with Crippen LogP contribution in [0.25, 0.3) is 11.1 Å². The first kappa shape index (κ1) is 22.3. The van der Waals surface area contributed by atoms with E-state index in [-0.39, 0.29) is 5.57 Å². The van der Waals surface area contributed by atoms with Crippen LogP contribution in [0.1, 0.15) is 6.92 Å². The highest BCUT2D eigenvalue weighted by Gasteiger charge is 2.11. The minimum absolute atomic E-state index is 0.0514. The fourth-order valence-electron chi connectivity index (χ4n) is 3.22. The molecule has 0 bridgehead atoms. The number of hydrogen-bond acceptors (Lipinski definition) is 5. The number of nitriles is 1. The third-order valence-electron chi connectivity index (χ3n) is 4.90. The van der Waals surface area contributed by atoms with Crippen molar-refractivity contribution in [3.63, 3.8) is 0 Å². The third-order valence-corrected chi connectivity index (χ3v) is 4.90. The smallest absolute Gasteiger partial charge is 0.265 e. The second kappa shape index (κ2) is 10.6. The van der Waals surface area contributed by atoms with Gasteiger partial charge in [0.2, 0.25) is 0 Å². The Balaban J connectivity index is 1.52. The fourth-order valence-corrected chi connectivity index (χ4v) is 3.22. The highest BCUT2D eigenvalue weighted by molar-refractivity contribution is 6.06. The zero-order valence-electron chi connectivity index (χ0n) is 18.4. The van der Waals surface area contributed by atoms with E-state index in [4.69, 9.17) is 14.7 Å². The van der Waals surface area contributed by atoms with Crippen molar-refractivity contribution in [2.75, 3.05) is 5.32 Å². The molecule has 0 radical (unpaired) electrons. The van der Waals surface area contributed by atoms with E-state index in [2.05, 4.69) is 10.3 Å². The predicted octanol–water partition coefficient (Wildman–Crippen LogP) is 6.74. The largest absolute Gasteiger partial charge is 0.457 e. The van der Waals surface area contributed by atoms with Gasteiger partial charge in [-0.1, -0.05) is 36.4 Å². The molecule has 0 atom stereocenters. The van der Waals surface area contributed by atoms with Crippen LogP contribution in [-0.2, 0) is 4.79 Å². The molecule has 166 valence electrons. The van der Waals surface area contributed by atoms with E-state index in [0.29, 0.717) is 22.9 Å². The van der Waals surface area contributed by atoms with E-state index in [0.717, 1.165) is 16.9 Å². The van der Waals surface area contributed by atoms with Crippen LogP contribution in [0, 0.1) is 11.3 Å². The molecule has 6 heteroatoms. The zero-order chi connectivity index (χ0) is 23.8. The van der Waals surface area contributed by atoms with Crippen LogP contribution in [0.4, 0.5) is 5.69 Å². The summed E-state index contributed by atoms with van der Waals surface area (Å²) in [5.74, 6) is 2.26. The van der Waals surface area contributed by atoms with E-state index in [1.54, 1.807) is 31.5 Å². The molecule has 4 aromatic rings. The van der Waals surface area contributed by atoms with Gasteiger partial charge in [-0.25, -0.2) is 0 Å². The summed E-state index contributed by atoms with van der Waals surface area (Å²) in [5, 5.41) is 11.8. The van der Waals surface area contributed by atoms with Crippen molar-refractivity contribution >= 4 is 11.6 Å². The molecule has 0 spiro atoms. The number of nitrogens with one attached hydrogen (secondary N) is 1. The van der Waals surface area contributed by atoms with Gasteiger partial charge in [0.25, 0.3) is 5.91 Å². The van der Waals surface area contributed by atoms with E-state index in [1.807, 2.05) is 78.9 Å². The summed E-state index contributed by atoms with van der Waals surface area (Å²) in [7, 11) is 0. The lowest BCUT2D eigenvalue weighted by atomic mass is 10.1. The maximum absolute atomic E-state index is 12.2. The van der Waals surface area contributed by atoms with Gasteiger partial charge in [-0.3, -0.25) is 9.78 Å². The number of para-hydroxylation sites is 1. The van der Waals surface area contributed by atoms with E-state index >= 15 is 0 Å². The van der Waals surface area contributed by atoms with Gasteiger partial charge in [0.15, 0.2) is 0 Å². The van der Waals surface area contributed by atoms with Crippen LogP contribution in [0.5, 0.6) is 23.0 Å². The third kappa shape index (κ3) is 5.47. The first-order chi connectivity index (χ1) is 16.7. The van der Waals surface area contributed by atoms with E-state index in [9.17, 15) is 4.79 Å². The molecule has 6 nitrogen and oxygen atoms in total. The maximum Gasteiger partial charge on any atom is 0.265 e. The van der Waals surface area contributed by atoms with E-state index < -0.39 is 5.91 Å². The molecule has 0 aliphatic rings. The molecule has 1 amide bonds. The lowest BCUT2D eigenvalue weighted by Crippen LogP contribution is -2.13.